The van der Waals surface area contributed by atoms with Crippen molar-refractivity contribution in [3.8, 4) is 0 Å². The maximum atomic E-state index is 12.2. The number of amides is 1. The summed E-state index contributed by atoms with van der Waals surface area (Å²) in [7, 11) is 0. The maximum absolute atomic E-state index is 12.2. The van der Waals surface area contributed by atoms with Crippen LogP contribution in [0.2, 0.25) is 15.5 Å². The largest absolute Gasteiger partial charge is 0.320 e. The number of carbonyl (C=O) groups excluding carboxylic acids is 1. The van der Waals surface area contributed by atoms with Gasteiger partial charge in [-0.25, -0.2) is 9.97 Å². The van der Waals surface area contributed by atoms with Crippen molar-refractivity contribution >= 4 is 46.4 Å². The number of rotatable bonds is 3. The third-order valence-corrected chi connectivity index (χ3v) is 3.46. The standard InChI is InChI=1S/C13H10Cl3N3O/c1-2-7-4-3-5-9(14)10(7)18-12(20)8-6-17-13(16)19-11(8)15/h3-6H,2H2,1H3,(H,18,20). The summed E-state index contributed by atoms with van der Waals surface area (Å²) in [6.07, 6.45) is 2.01. The molecule has 0 unspecified atom stereocenters. The van der Waals surface area contributed by atoms with Crippen LogP contribution >= 0.6 is 34.8 Å². The monoisotopic (exact) mass is 329 g/mol. The molecule has 2 aromatic rings. The molecule has 1 N–H and O–H groups in total. The summed E-state index contributed by atoms with van der Waals surface area (Å²) in [5.74, 6) is -0.436. The van der Waals surface area contributed by atoms with Gasteiger partial charge in [0.2, 0.25) is 5.28 Å². The van der Waals surface area contributed by atoms with Crippen LogP contribution in [0.4, 0.5) is 5.69 Å². The highest BCUT2D eigenvalue weighted by Crippen LogP contribution is 2.27. The van der Waals surface area contributed by atoms with Crippen LogP contribution in [0.1, 0.15) is 22.8 Å². The first-order valence-electron chi connectivity index (χ1n) is 5.79. The number of hydrogen-bond donors (Lipinski definition) is 1. The van der Waals surface area contributed by atoms with Crippen molar-refractivity contribution in [2.45, 2.75) is 13.3 Å². The fourth-order valence-electron chi connectivity index (χ4n) is 1.68. The highest BCUT2D eigenvalue weighted by Gasteiger charge is 2.16. The molecule has 20 heavy (non-hydrogen) atoms. The second-order valence-corrected chi connectivity index (χ2v) is 5.03. The van der Waals surface area contributed by atoms with E-state index in [0.717, 1.165) is 12.0 Å². The minimum Gasteiger partial charge on any atom is -0.320 e. The van der Waals surface area contributed by atoms with Gasteiger partial charge in [-0.2, -0.15) is 0 Å². The van der Waals surface area contributed by atoms with Crippen LogP contribution in [0.25, 0.3) is 0 Å². The van der Waals surface area contributed by atoms with E-state index in [1.54, 1.807) is 6.07 Å². The number of carbonyl (C=O) groups is 1. The van der Waals surface area contributed by atoms with Gasteiger partial charge in [0, 0.05) is 6.20 Å². The molecule has 0 aliphatic heterocycles. The van der Waals surface area contributed by atoms with E-state index in [1.807, 2.05) is 19.1 Å². The topological polar surface area (TPSA) is 54.9 Å². The molecule has 0 fully saturated rings. The van der Waals surface area contributed by atoms with E-state index in [1.165, 1.54) is 6.20 Å². The first-order chi connectivity index (χ1) is 9.52. The fourth-order valence-corrected chi connectivity index (χ4v) is 2.31. The number of aryl methyl sites for hydroxylation is 1. The fraction of sp³-hybridized carbons (Fsp3) is 0.154. The maximum Gasteiger partial charge on any atom is 0.260 e. The molecule has 0 atom stereocenters. The number of halogens is 3. The molecule has 0 saturated carbocycles. The lowest BCUT2D eigenvalue weighted by molar-refractivity contribution is 0.102. The summed E-state index contributed by atoms with van der Waals surface area (Å²) in [5, 5.41) is 3.17. The number of aromatic nitrogens is 2. The SMILES string of the molecule is CCc1cccc(Cl)c1NC(=O)c1cnc(Cl)nc1Cl. The van der Waals surface area contributed by atoms with Crippen molar-refractivity contribution in [2.24, 2.45) is 0 Å². The first-order valence-corrected chi connectivity index (χ1v) is 6.93. The number of anilines is 1. The van der Waals surface area contributed by atoms with Gasteiger partial charge in [-0.1, -0.05) is 42.3 Å². The zero-order valence-electron chi connectivity index (χ0n) is 10.5. The van der Waals surface area contributed by atoms with Crippen molar-refractivity contribution in [1.82, 2.24) is 9.97 Å². The van der Waals surface area contributed by atoms with Gasteiger partial charge in [-0.15, -0.1) is 0 Å². The molecule has 0 spiro atoms. The van der Waals surface area contributed by atoms with E-state index in [0.29, 0.717) is 10.7 Å². The second-order valence-electron chi connectivity index (χ2n) is 3.93. The highest BCUT2D eigenvalue weighted by atomic mass is 35.5. The molecule has 7 heteroatoms. The summed E-state index contributed by atoms with van der Waals surface area (Å²) in [5.41, 5.74) is 1.63. The Morgan fingerprint density at radius 3 is 2.70 bits per heavy atom. The van der Waals surface area contributed by atoms with Crippen LogP contribution in [0, 0.1) is 0 Å². The Kier molecular flexibility index (Phi) is 4.81. The molecule has 4 nitrogen and oxygen atoms in total. The van der Waals surface area contributed by atoms with Crippen LogP contribution < -0.4 is 5.32 Å². The minimum absolute atomic E-state index is 0.00685. The van der Waals surface area contributed by atoms with Crippen molar-refractivity contribution in [3.05, 3.63) is 51.0 Å². The molecule has 1 heterocycles. The van der Waals surface area contributed by atoms with Crippen molar-refractivity contribution in [3.63, 3.8) is 0 Å². The van der Waals surface area contributed by atoms with Crippen LogP contribution in [-0.2, 0) is 6.42 Å². The van der Waals surface area contributed by atoms with Crippen LogP contribution in [-0.4, -0.2) is 15.9 Å². The first kappa shape index (κ1) is 15.0. The van der Waals surface area contributed by atoms with Gasteiger partial charge in [0.25, 0.3) is 5.91 Å². The Labute approximate surface area is 131 Å². The predicted octanol–water partition coefficient (Wildman–Crippen LogP) is 4.25. The van der Waals surface area contributed by atoms with Crippen molar-refractivity contribution in [1.29, 1.82) is 0 Å². The van der Waals surface area contributed by atoms with Crippen molar-refractivity contribution in [2.75, 3.05) is 5.32 Å². The number of nitrogens with one attached hydrogen (secondary N) is 1. The molecule has 2 rings (SSSR count). The molecular formula is C13H10Cl3N3O. The van der Waals surface area contributed by atoms with Crippen molar-refractivity contribution < 1.29 is 4.79 Å². The Bertz CT molecular complexity index is 661. The zero-order chi connectivity index (χ0) is 14.7. The summed E-state index contributed by atoms with van der Waals surface area (Å²) in [4.78, 5) is 19.7. The molecule has 0 radical (unpaired) electrons. The summed E-state index contributed by atoms with van der Waals surface area (Å²) < 4.78 is 0. The minimum atomic E-state index is -0.436. The predicted molar refractivity (Wildman–Crippen MR) is 80.8 cm³/mol. The molecule has 0 bridgehead atoms. The average molecular weight is 331 g/mol. The van der Waals surface area contributed by atoms with Crippen LogP contribution in [0.5, 0.6) is 0 Å². The Balaban J connectivity index is 2.33. The second kappa shape index (κ2) is 6.39. The van der Waals surface area contributed by atoms with E-state index in [-0.39, 0.29) is 16.0 Å². The third kappa shape index (κ3) is 3.20. The van der Waals surface area contributed by atoms with Crippen LogP contribution in [0.15, 0.2) is 24.4 Å². The molecule has 0 aliphatic carbocycles. The molecular weight excluding hydrogens is 321 g/mol. The normalized spacial score (nSPS) is 10.4. The van der Waals surface area contributed by atoms with E-state index in [2.05, 4.69) is 15.3 Å². The smallest absolute Gasteiger partial charge is 0.260 e. The van der Waals surface area contributed by atoms with E-state index >= 15 is 0 Å². The molecule has 0 saturated heterocycles. The Hall–Kier alpha value is -1.36. The van der Waals surface area contributed by atoms with Gasteiger partial charge in [0.15, 0.2) is 0 Å². The summed E-state index contributed by atoms with van der Waals surface area (Å²) >= 11 is 17.6. The molecule has 1 aromatic heterocycles. The molecule has 1 aromatic carbocycles. The quantitative estimate of drug-likeness (QED) is 0.676. The average Bonchev–Trinajstić information content (AvgIpc) is 2.40. The van der Waals surface area contributed by atoms with E-state index < -0.39 is 5.91 Å². The van der Waals surface area contributed by atoms with Gasteiger partial charge in [-0.05, 0) is 29.7 Å². The summed E-state index contributed by atoms with van der Waals surface area (Å²) in [6.45, 7) is 1.97. The van der Waals surface area contributed by atoms with E-state index in [4.69, 9.17) is 34.8 Å². The number of nitrogens with zero attached hydrogens (tertiary/aromatic N) is 2. The third-order valence-electron chi connectivity index (χ3n) is 2.68. The van der Waals surface area contributed by atoms with Crippen LogP contribution in [0.3, 0.4) is 0 Å². The zero-order valence-corrected chi connectivity index (χ0v) is 12.7. The number of para-hydroxylation sites is 1. The van der Waals surface area contributed by atoms with E-state index in [9.17, 15) is 4.79 Å². The van der Waals surface area contributed by atoms with Gasteiger partial charge < -0.3 is 5.32 Å². The lowest BCUT2D eigenvalue weighted by atomic mass is 10.1. The summed E-state index contributed by atoms with van der Waals surface area (Å²) in [6, 6.07) is 5.42. The lowest BCUT2D eigenvalue weighted by Gasteiger charge is -2.12. The number of hydrogen-bond acceptors (Lipinski definition) is 3. The Morgan fingerprint density at radius 1 is 1.30 bits per heavy atom. The van der Waals surface area contributed by atoms with Gasteiger partial charge in [0.05, 0.1) is 16.3 Å². The number of benzene rings is 1. The molecule has 104 valence electrons. The van der Waals surface area contributed by atoms with Gasteiger partial charge in [0.1, 0.15) is 5.15 Å². The highest BCUT2D eigenvalue weighted by molar-refractivity contribution is 6.36. The van der Waals surface area contributed by atoms with Gasteiger partial charge >= 0.3 is 0 Å². The van der Waals surface area contributed by atoms with Gasteiger partial charge in [-0.3, -0.25) is 4.79 Å². The molecule has 1 amide bonds. The molecule has 0 aliphatic rings. The lowest BCUT2D eigenvalue weighted by Crippen LogP contribution is -2.15. The Morgan fingerprint density at radius 2 is 2.05 bits per heavy atom.